The summed E-state index contributed by atoms with van der Waals surface area (Å²) in [6.07, 6.45) is -2.91. The van der Waals surface area contributed by atoms with E-state index >= 15 is 0 Å². The van der Waals surface area contributed by atoms with Crippen LogP contribution in [0.2, 0.25) is 0 Å². The van der Waals surface area contributed by atoms with Gasteiger partial charge in [-0.2, -0.15) is 13.2 Å². The van der Waals surface area contributed by atoms with Gasteiger partial charge in [-0.3, -0.25) is 9.78 Å². The summed E-state index contributed by atoms with van der Waals surface area (Å²) in [6, 6.07) is 2.90. The number of nitrogens with zero attached hydrogens (tertiary/aromatic N) is 3. The summed E-state index contributed by atoms with van der Waals surface area (Å²) >= 11 is 0. The van der Waals surface area contributed by atoms with Gasteiger partial charge in [0.05, 0.1) is 24.5 Å². The van der Waals surface area contributed by atoms with Crippen LogP contribution < -0.4 is 5.32 Å². The molecule has 1 unspecified atom stereocenters. The molecule has 3 heterocycles. The minimum absolute atomic E-state index is 0.0906. The fourth-order valence-corrected chi connectivity index (χ4v) is 3.86. The summed E-state index contributed by atoms with van der Waals surface area (Å²) in [5.41, 5.74) is -1.33. The Morgan fingerprint density at radius 1 is 1.15 bits per heavy atom. The third-order valence-electron chi connectivity index (χ3n) is 5.67. The summed E-state index contributed by atoms with van der Waals surface area (Å²) in [4.78, 5) is 21.8. The molecule has 0 radical (unpaired) electrons. The number of pyridine rings is 2. The van der Waals surface area contributed by atoms with Gasteiger partial charge in [0.2, 0.25) is 0 Å². The normalized spacial score (nSPS) is 14.3. The number of anilines is 1. The zero-order valence-corrected chi connectivity index (χ0v) is 18.0. The molecule has 1 aliphatic heterocycles. The molecule has 0 aliphatic carbocycles. The summed E-state index contributed by atoms with van der Waals surface area (Å²) in [7, 11) is 0. The number of amides is 1. The second-order valence-electron chi connectivity index (χ2n) is 7.81. The molecule has 0 bridgehead atoms. The van der Waals surface area contributed by atoms with Gasteiger partial charge in [0.25, 0.3) is 5.91 Å². The van der Waals surface area contributed by atoms with Gasteiger partial charge in [-0.05, 0) is 38.1 Å². The number of halogens is 5. The Labute approximate surface area is 191 Å². The van der Waals surface area contributed by atoms with Crippen LogP contribution in [0.25, 0.3) is 11.3 Å². The second kappa shape index (κ2) is 8.54. The maximum atomic E-state index is 14.9. The first kappa shape index (κ1) is 23.4. The fraction of sp³-hybridized carbons (Fsp3) is 0.261. The van der Waals surface area contributed by atoms with Crippen molar-refractivity contribution in [3.05, 3.63) is 70.5 Å². The predicted molar refractivity (Wildman–Crippen MR) is 113 cm³/mol. The van der Waals surface area contributed by atoms with Crippen molar-refractivity contribution >= 4 is 11.7 Å². The van der Waals surface area contributed by atoms with E-state index in [1.165, 1.54) is 6.20 Å². The Hall–Kier alpha value is -3.76. The quantitative estimate of drug-likeness (QED) is 0.487. The van der Waals surface area contributed by atoms with Crippen LogP contribution in [-0.2, 0) is 12.7 Å². The molecule has 0 fully saturated rings. The first-order chi connectivity index (χ1) is 16.0. The van der Waals surface area contributed by atoms with E-state index in [1.807, 2.05) is 6.92 Å². The lowest BCUT2D eigenvalue weighted by atomic mass is 10.0. The molecule has 6 nitrogen and oxygen atoms in total. The third kappa shape index (κ3) is 4.13. The molecule has 0 saturated carbocycles. The Morgan fingerprint density at radius 2 is 1.88 bits per heavy atom. The third-order valence-corrected chi connectivity index (χ3v) is 5.67. The zero-order valence-electron chi connectivity index (χ0n) is 18.0. The summed E-state index contributed by atoms with van der Waals surface area (Å²) in [5, 5.41) is 12.4. The summed E-state index contributed by atoms with van der Waals surface area (Å²) in [5.74, 6) is -2.77. The van der Waals surface area contributed by atoms with E-state index in [4.69, 9.17) is 0 Å². The Balaban J connectivity index is 1.65. The van der Waals surface area contributed by atoms with Gasteiger partial charge in [-0.25, -0.2) is 13.8 Å². The number of alkyl halides is 3. The first-order valence-corrected chi connectivity index (χ1v) is 10.3. The molecule has 4 rings (SSSR count). The van der Waals surface area contributed by atoms with Gasteiger partial charge < -0.3 is 15.3 Å². The van der Waals surface area contributed by atoms with Gasteiger partial charge in [-0.1, -0.05) is 0 Å². The molecule has 178 valence electrons. The maximum absolute atomic E-state index is 14.9. The highest BCUT2D eigenvalue weighted by Crippen LogP contribution is 2.38. The highest BCUT2D eigenvalue weighted by molar-refractivity contribution is 5.99. The summed E-state index contributed by atoms with van der Waals surface area (Å²) < 4.78 is 69.0. The largest absolute Gasteiger partial charge is 0.506 e. The monoisotopic (exact) mass is 478 g/mol. The number of fused-ring (bicyclic) bond motifs is 1. The molecular weight excluding hydrogens is 459 g/mol. The Kier molecular flexibility index (Phi) is 5.88. The van der Waals surface area contributed by atoms with Crippen molar-refractivity contribution in [2.45, 2.75) is 32.6 Å². The molecule has 1 aliphatic rings. The lowest BCUT2D eigenvalue weighted by molar-refractivity contribution is -0.138. The molecule has 0 saturated heterocycles. The van der Waals surface area contributed by atoms with Crippen LogP contribution in [-0.4, -0.2) is 32.4 Å². The van der Waals surface area contributed by atoms with Gasteiger partial charge in [0.1, 0.15) is 28.8 Å². The van der Waals surface area contributed by atoms with Gasteiger partial charge in [0.15, 0.2) is 0 Å². The Morgan fingerprint density at radius 3 is 2.56 bits per heavy atom. The molecule has 1 amide bonds. The fourth-order valence-electron chi connectivity index (χ4n) is 3.86. The number of benzene rings is 1. The molecule has 2 N–H and O–H groups in total. The van der Waals surface area contributed by atoms with Crippen LogP contribution in [0, 0.1) is 11.6 Å². The number of hydrogen-bond donors (Lipinski definition) is 2. The number of carbonyl (C=O) groups excluding carboxylic acids is 1. The number of hydrogen-bond acceptors (Lipinski definition) is 5. The van der Waals surface area contributed by atoms with Crippen molar-refractivity contribution in [3.63, 3.8) is 0 Å². The molecule has 2 aromatic heterocycles. The average molecular weight is 478 g/mol. The minimum atomic E-state index is -4.90. The van der Waals surface area contributed by atoms with Crippen LogP contribution in [0.3, 0.4) is 0 Å². The average Bonchev–Trinajstić information content (AvgIpc) is 3.11. The minimum Gasteiger partial charge on any atom is -0.506 e. The molecule has 1 atom stereocenters. The standard InChI is InChI=1S/C23H19F5N4O2/c1-3-32-10-15-12(22(32)34)4-5-29-21(15)31-11(2)13-6-18(25)14(7-17(13)24)19-8-16(23(26,27)28)20(33)9-30-19/h4-9,11,33H,3,10H2,1-2H3,(H,29,31). The van der Waals surface area contributed by atoms with E-state index in [1.54, 1.807) is 17.9 Å². The molecule has 34 heavy (non-hydrogen) atoms. The lowest BCUT2D eigenvalue weighted by Crippen LogP contribution is -2.22. The van der Waals surface area contributed by atoms with E-state index < -0.39 is 46.4 Å². The maximum Gasteiger partial charge on any atom is 0.420 e. The van der Waals surface area contributed by atoms with Crippen molar-refractivity contribution in [1.82, 2.24) is 14.9 Å². The number of aromatic nitrogens is 2. The second-order valence-corrected chi connectivity index (χ2v) is 7.81. The summed E-state index contributed by atoms with van der Waals surface area (Å²) in [6.45, 7) is 4.24. The molecule has 0 spiro atoms. The van der Waals surface area contributed by atoms with Crippen molar-refractivity contribution in [2.24, 2.45) is 0 Å². The topological polar surface area (TPSA) is 78.3 Å². The van der Waals surface area contributed by atoms with Crippen LogP contribution in [0.5, 0.6) is 5.75 Å². The highest BCUT2D eigenvalue weighted by Gasteiger charge is 2.35. The van der Waals surface area contributed by atoms with Crippen molar-refractivity contribution in [1.29, 1.82) is 0 Å². The van der Waals surface area contributed by atoms with Crippen LogP contribution in [0.1, 0.15) is 46.9 Å². The predicted octanol–water partition coefficient (Wildman–Crippen LogP) is 5.30. The van der Waals surface area contributed by atoms with E-state index in [-0.39, 0.29) is 11.5 Å². The number of rotatable bonds is 5. The first-order valence-electron chi connectivity index (χ1n) is 10.3. The van der Waals surface area contributed by atoms with Crippen LogP contribution in [0.15, 0.2) is 36.7 Å². The van der Waals surface area contributed by atoms with Gasteiger partial charge >= 0.3 is 6.18 Å². The number of nitrogens with one attached hydrogen (secondary N) is 1. The van der Waals surface area contributed by atoms with Crippen LogP contribution >= 0.6 is 0 Å². The molecular formula is C23H19F5N4O2. The van der Waals surface area contributed by atoms with E-state index in [0.717, 1.165) is 12.1 Å². The Bertz CT molecular complexity index is 1280. The van der Waals surface area contributed by atoms with Crippen molar-refractivity contribution in [2.75, 3.05) is 11.9 Å². The van der Waals surface area contributed by atoms with Crippen molar-refractivity contribution < 1.29 is 31.9 Å². The van der Waals surface area contributed by atoms with E-state index in [9.17, 15) is 31.9 Å². The highest BCUT2D eigenvalue weighted by atomic mass is 19.4. The molecule has 3 aromatic rings. The van der Waals surface area contributed by atoms with Crippen molar-refractivity contribution in [3.8, 4) is 17.0 Å². The number of aromatic hydroxyl groups is 1. The zero-order chi connectivity index (χ0) is 24.8. The number of carbonyl (C=O) groups is 1. The molecule has 11 heteroatoms. The lowest BCUT2D eigenvalue weighted by Gasteiger charge is -2.19. The van der Waals surface area contributed by atoms with Gasteiger partial charge in [-0.15, -0.1) is 0 Å². The SMILES string of the molecule is CCN1Cc2c(ccnc2NC(C)c2cc(F)c(-c3cc(C(F)(F)F)c(O)cn3)cc2F)C1=O. The van der Waals surface area contributed by atoms with Crippen LogP contribution in [0.4, 0.5) is 27.8 Å². The molecule has 1 aromatic carbocycles. The smallest absolute Gasteiger partial charge is 0.420 e. The van der Waals surface area contributed by atoms with E-state index in [2.05, 4.69) is 15.3 Å². The van der Waals surface area contributed by atoms with Gasteiger partial charge in [0, 0.05) is 35.0 Å². The van der Waals surface area contributed by atoms with E-state index in [0.29, 0.717) is 42.3 Å².